The van der Waals surface area contributed by atoms with Crippen molar-refractivity contribution in [2.45, 2.75) is 13.1 Å². The van der Waals surface area contributed by atoms with Crippen LogP contribution in [-0.2, 0) is 13.1 Å². The lowest BCUT2D eigenvalue weighted by molar-refractivity contribution is 0.100. The number of aromatic amines is 1. The van der Waals surface area contributed by atoms with Crippen molar-refractivity contribution >= 4 is 28.2 Å². The standard InChI is InChI=1S/C31H28N4O2/c1-35(19-21-9-4-2-5-10-21)20-22-11-8-14-25(17-22)33-29(23-12-6-3-7-13-23)28-26-16-15-24(30(32)36)18-27(26)34-31(28)37/h2-18,34,37H,19-20H2,1H3,(H2,32,36). The number of amides is 1. The fourth-order valence-electron chi connectivity index (χ4n) is 4.55. The van der Waals surface area contributed by atoms with Gasteiger partial charge in [0.05, 0.1) is 17.0 Å². The summed E-state index contributed by atoms with van der Waals surface area (Å²) in [5.41, 5.74) is 11.7. The van der Waals surface area contributed by atoms with Crippen molar-refractivity contribution in [3.8, 4) is 5.88 Å². The predicted molar refractivity (Wildman–Crippen MR) is 148 cm³/mol. The Bertz CT molecular complexity index is 1570. The summed E-state index contributed by atoms with van der Waals surface area (Å²) in [5.74, 6) is -0.540. The number of H-pyrrole nitrogens is 1. The number of carbonyl (C=O) groups excluding carboxylic acids is 1. The molecule has 1 heterocycles. The van der Waals surface area contributed by atoms with E-state index in [0.717, 1.165) is 35.3 Å². The first kappa shape index (κ1) is 24.0. The molecule has 0 saturated heterocycles. The molecule has 0 radical (unpaired) electrons. The Hall–Kier alpha value is -4.68. The van der Waals surface area contributed by atoms with Crippen molar-refractivity contribution in [3.05, 3.63) is 131 Å². The third kappa shape index (κ3) is 5.44. The SMILES string of the molecule is CN(Cc1ccccc1)Cc1cccc(N=C(c2ccccc2)c2c(O)[nH]c3cc(C(N)=O)ccc23)c1. The molecular weight excluding hydrogens is 460 g/mol. The molecule has 4 N–H and O–H groups in total. The van der Waals surface area contributed by atoms with Crippen molar-refractivity contribution in [1.82, 2.24) is 9.88 Å². The van der Waals surface area contributed by atoms with E-state index < -0.39 is 5.91 Å². The first-order valence-corrected chi connectivity index (χ1v) is 12.1. The van der Waals surface area contributed by atoms with E-state index in [-0.39, 0.29) is 5.88 Å². The van der Waals surface area contributed by atoms with Crippen LogP contribution in [0.15, 0.2) is 108 Å². The molecule has 1 aromatic heterocycles. The Morgan fingerprint density at radius 3 is 2.24 bits per heavy atom. The number of nitrogens with one attached hydrogen (secondary N) is 1. The highest BCUT2D eigenvalue weighted by molar-refractivity contribution is 6.22. The third-order valence-corrected chi connectivity index (χ3v) is 6.25. The highest BCUT2D eigenvalue weighted by atomic mass is 16.3. The van der Waals surface area contributed by atoms with E-state index in [2.05, 4.69) is 53.3 Å². The smallest absolute Gasteiger partial charge is 0.248 e. The number of nitrogens with two attached hydrogens (primary N) is 1. The Morgan fingerprint density at radius 1 is 0.838 bits per heavy atom. The van der Waals surface area contributed by atoms with Crippen LogP contribution >= 0.6 is 0 Å². The molecule has 6 nitrogen and oxygen atoms in total. The molecule has 6 heteroatoms. The lowest BCUT2D eigenvalue weighted by Gasteiger charge is -2.17. The van der Waals surface area contributed by atoms with E-state index in [9.17, 15) is 9.90 Å². The van der Waals surface area contributed by atoms with Gasteiger partial charge in [0.25, 0.3) is 0 Å². The average Bonchev–Trinajstić information content (AvgIpc) is 3.23. The molecular formula is C31H28N4O2. The summed E-state index contributed by atoms with van der Waals surface area (Å²) in [6, 6.07) is 33.4. The zero-order valence-electron chi connectivity index (χ0n) is 20.6. The summed E-state index contributed by atoms with van der Waals surface area (Å²) in [4.78, 5) is 21.9. The van der Waals surface area contributed by atoms with Crippen LogP contribution in [0.3, 0.4) is 0 Å². The molecule has 0 bridgehead atoms. The number of fused-ring (bicyclic) bond motifs is 1. The van der Waals surface area contributed by atoms with Crippen LogP contribution in [-0.4, -0.2) is 33.7 Å². The van der Waals surface area contributed by atoms with Gasteiger partial charge >= 0.3 is 0 Å². The molecule has 1 amide bonds. The van der Waals surface area contributed by atoms with Crippen molar-refractivity contribution in [1.29, 1.82) is 0 Å². The molecule has 0 atom stereocenters. The predicted octanol–water partition coefficient (Wildman–Crippen LogP) is 5.77. The lowest BCUT2D eigenvalue weighted by Crippen LogP contribution is -2.17. The number of primary amides is 1. The minimum absolute atomic E-state index is 0.0158. The first-order chi connectivity index (χ1) is 18.0. The van der Waals surface area contributed by atoms with E-state index in [1.807, 2.05) is 48.5 Å². The summed E-state index contributed by atoms with van der Waals surface area (Å²) in [6.45, 7) is 1.62. The number of aromatic hydroxyl groups is 1. The van der Waals surface area contributed by atoms with Crippen LogP contribution in [0.25, 0.3) is 10.9 Å². The van der Waals surface area contributed by atoms with Gasteiger partial charge in [-0.15, -0.1) is 0 Å². The maximum absolute atomic E-state index is 11.7. The summed E-state index contributed by atoms with van der Waals surface area (Å²) in [6.07, 6.45) is 0. The van der Waals surface area contributed by atoms with E-state index in [1.165, 1.54) is 5.56 Å². The van der Waals surface area contributed by atoms with E-state index in [4.69, 9.17) is 10.7 Å². The number of carbonyl (C=O) groups is 1. The van der Waals surface area contributed by atoms with Gasteiger partial charge in [0.2, 0.25) is 5.91 Å². The minimum atomic E-state index is -0.525. The number of aliphatic imine (C=N–C) groups is 1. The number of nitrogens with zero attached hydrogens (tertiary/aromatic N) is 2. The third-order valence-electron chi connectivity index (χ3n) is 6.25. The van der Waals surface area contributed by atoms with Gasteiger partial charge in [-0.3, -0.25) is 9.69 Å². The van der Waals surface area contributed by atoms with Crippen LogP contribution in [0.2, 0.25) is 0 Å². The van der Waals surface area contributed by atoms with Crippen molar-refractivity contribution in [2.75, 3.05) is 7.05 Å². The van der Waals surface area contributed by atoms with E-state index in [0.29, 0.717) is 22.4 Å². The topological polar surface area (TPSA) is 94.7 Å². The van der Waals surface area contributed by atoms with Crippen LogP contribution < -0.4 is 5.73 Å². The number of hydrogen-bond acceptors (Lipinski definition) is 4. The van der Waals surface area contributed by atoms with E-state index in [1.54, 1.807) is 18.2 Å². The Labute approximate surface area is 215 Å². The Balaban J connectivity index is 1.53. The lowest BCUT2D eigenvalue weighted by atomic mass is 10.00. The monoisotopic (exact) mass is 488 g/mol. The summed E-state index contributed by atoms with van der Waals surface area (Å²) < 4.78 is 0. The minimum Gasteiger partial charge on any atom is -0.494 e. The van der Waals surface area contributed by atoms with Gasteiger partial charge in [0.15, 0.2) is 5.88 Å². The number of hydrogen-bond donors (Lipinski definition) is 3. The summed E-state index contributed by atoms with van der Waals surface area (Å²) in [5, 5.41) is 11.7. The molecule has 0 fully saturated rings. The highest BCUT2D eigenvalue weighted by Crippen LogP contribution is 2.32. The molecule has 0 spiro atoms. The largest absolute Gasteiger partial charge is 0.494 e. The summed E-state index contributed by atoms with van der Waals surface area (Å²) >= 11 is 0. The van der Waals surface area contributed by atoms with Gasteiger partial charge in [-0.25, -0.2) is 4.99 Å². The molecule has 0 aliphatic carbocycles. The molecule has 5 aromatic rings. The number of benzene rings is 4. The maximum atomic E-state index is 11.7. The van der Waals surface area contributed by atoms with Crippen LogP contribution in [0.1, 0.15) is 32.6 Å². The number of aromatic nitrogens is 1. The van der Waals surface area contributed by atoms with Crippen molar-refractivity contribution < 1.29 is 9.90 Å². The van der Waals surface area contributed by atoms with Gasteiger partial charge < -0.3 is 15.8 Å². The average molecular weight is 489 g/mol. The molecule has 5 rings (SSSR count). The molecule has 4 aromatic carbocycles. The fourth-order valence-corrected chi connectivity index (χ4v) is 4.55. The van der Waals surface area contributed by atoms with Gasteiger partial charge in [-0.1, -0.05) is 78.9 Å². The van der Waals surface area contributed by atoms with Crippen LogP contribution in [0.5, 0.6) is 5.88 Å². The second kappa shape index (κ2) is 10.5. The van der Waals surface area contributed by atoms with Crippen LogP contribution in [0, 0.1) is 0 Å². The Morgan fingerprint density at radius 2 is 1.51 bits per heavy atom. The maximum Gasteiger partial charge on any atom is 0.248 e. The second-order valence-electron chi connectivity index (χ2n) is 9.13. The molecule has 37 heavy (non-hydrogen) atoms. The second-order valence-corrected chi connectivity index (χ2v) is 9.13. The van der Waals surface area contributed by atoms with Crippen molar-refractivity contribution in [2.24, 2.45) is 10.7 Å². The van der Waals surface area contributed by atoms with Crippen molar-refractivity contribution in [3.63, 3.8) is 0 Å². The normalized spacial score (nSPS) is 11.8. The van der Waals surface area contributed by atoms with Gasteiger partial charge in [-0.05, 0) is 42.4 Å². The van der Waals surface area contributed by atoms with Gasteiger partial charge in [0, 0.05) is 35.1 Å². The fraction of sp³-hybridized carbons (Fsp3) is 0.0968. The molecule has 0 aliphatic rings. The quantitative estimate of drug-likeness (QED) is 0.242. The molecule has 0 saturated carbocycles. The first-order valence-electron chi connectivity index (χ1n) is 12.1. The van der Waals surface area contributed by atoms with Crippen LogP contribution in [0.4, 0.5) is 5.69 Å². The molecule has 184 valence electrons. The molecule has 0 unspecified atom stereocenters. The Kier molecular flexibility index (Phi) is 6.83. The molecule has 0 aliphatic heterocycles. The van der Waals surface area contributed by atoms with Gasteiger partial charge in [-0.2, -0.15) is 0 Å². The summed E-state index contributed by atoms with van der Waals surface area (Å²) in [7, 11) is 2.10. The van der Waals surface area contributed by atoms with E-state index >= 15 is 0 Å². The number of rotatable bonds is 8. The zero-order valence-corrected chi connectivity index (χ0v) is 20.6. The highest BCUT2D eigenvalue weighted by Gasteiger charge is 2.19. The zero-order chi connectivity index (χ0) is 25.8. The van der Waals surface area contributed by atoms with Gasteiger partial charge in [0.1, 0.15) is 0 Å².